The number of piperidine rings is 1. The highest BCUT2D eigenvalue weighted by Crippen LogP contribution is 2.40. The van der Waals surface area contributed by atoms with Gasteiger partial charge in [0.1, 0.15) is 0 Å². The van der Waals surface area contributed by atoms with Crippen LogP contribution in [0.2, 0.25) is 0 Å². The number of rotatable bonds is 5. The summed E-state index contributed by atoms with van der Waals surface area (Å²) in [5.74, 6) is 2.18. The van der Waals surface area contributed by atoms with Gasteiger partial charge >= 0.3 is 0 Å². The molecular formula is C15H28N2OS. The zero-order valence-electron chi connectivity index (χ0n) is 12.7. The molecule has 4 heteroatoms. The summed E-state index contributed by atoms with van der Waals surface area (Å²) in [5.41, 5.74) is 0.546. The predicted octanol–water partition coefficient (Wildman–Crippen LogP) is 2.67. The van der Waals surface area contributed by atoms with Gasteiger partial charge in [-0.1, -0.05) is 13.8 Å². The van der Waals surface area contributed by atoms with E-state index in [0.29, 0.717) is 17.2 Å². The minimum Gasteiger partial charge on any atom is -0.343 e. The molecule has 0 aromatic rings. The molecule has 2 heterocycles. The zero-order chi connectivity index (χ0) is 13.9. The monoisotopic (exact) mass is 284 g/mol. The lowest BCUT2D eigenvalue weighted by atomic mass is 9.72. The highest BCUT2D eigenvalue weighted by atomic mass is 32.2. The molecule has 19 heavy (non-hydrogen) atoms. The fraction of sp³-hybridized carbons (Fsp3) is 0.933. The third-order valence-electron chi connectivity index (χ3n) is 4.54. The van der Waals surface area contributed by atoms with Crippen molar-refractivity contribution < 1.29 is 4.79 Å². The van der Waals surface area contributed by atoms with Gasteiger partial charge in [-0.3, -0.25) is 9.69 Å². The van der Waals surface area contributed by atoms with E-state index in [0.717, 1.165) is 25.9 Å². The van der Waals surface area contributed by atoms with Crippen LogP contribution >= 0.6 is 11.8 Å². The number of amides is 1. The van der Waals surface area contributed by atoms with Gasteiger partial charge in [0.2, 0.25) is 5.91 Å². The Labute approximate surface area is 122 Å². The first-order valence-corrected chi connectivity index (χ1v) is 8.93. The Hall–Kier alpha value is -0.220. The second-order valence-corrected chi connectivity index (χ2v) is 7.55. The summed E-state index contributed by atoms with van der Waals surface area (Å²) in [7, 11) is 0. The Balaban J connectivity index is 1.70. The average Bonchev–Trinajstić information content (AvgIpc) is 2.35. The smallest absolute Gasteiger partial charge is 0.222 e. The molecule has 0 N–H and O–H groups in total. The van der Waals surface area contributed by atoms with Crippen LogP contribution in [0.4, 0.5) is 0 Å². The molecule has 2 aliphatic heterocycles. The molecule has 0 unspecified atom stereocenters. The van der Waals surface area contributed by atoms with Gasteiger partial charge < -0.3 is 4.90 Å². The van der Waals surface area contributed by atoms with Gasteiger partial charge in [0.25, 0.3) is 0 Å². The van der Waals surface area contributed by atoms with Gasteiger partial charge in [-0.15, -0.1) is 11.8 Å². The topological polar surface area (TPSA) is 23.6 Å². The fourth-order valence-corrected chi connectivity index (χ4v) is 3.84. The van der Waals surface area contributed by atoms with E-state index in [4.69, 9.17) is 0 Å². The highest BCUT2D eigenvalue weighted by Gasteiger charge is 2.44. The molecule has 0 aromatic carbocycles. The minimum atomic E-state index is 0.379. The van der Waals surface area contributed by atoms with Gasteiger partial charge in [-0.25, -0.2) is 0 Å². The number of nitrogens with zero attached hydrogens (tertiary/aromatic N) is 2. The van der Waals surface area contributed by atoms with Crippen LogP contribution in [0.3, 0.4) is 0 Å². The molecule has 0 aromatic heterocycles. The molecule has 3 nitrogen and oxygen atoms in total. The van der Waals surface area contributed by atoms with E-state index in [1.807, 2.05) is 11.8 Å². The molecule has 2 fully saturated rings. The zero-order valence-corrected chi connectivity index (χ0v) is 13.5. The first kappa shape index (κ1) is 15.2. The Morgan fingerprint density at radius 3 is 2.42 bits per heavy atom. The van der Waals surface area contributed by atoms with Crippen LogP contribution in [0.15, 0.2) is 0 Å². The Morgan fingerprint density at radius 2 is 1.89 bits per heavy atom. The number of hydrogen-bond donors (Lipinski definition) is 0. The van der Waals surface area contributed by atoms with Gasteiger partial charge in [-0.2, -0.15) is 0 Å². The molecule has 0 atom stereocenters. The summed E-state index contributed by atoms with van der Waals surface area (Å²) in [6, 6.07) is 0. The number of carbonyl (C=O) groups is 1. The van der Waals surface area contributed by atoms with Crippen molar-refractivity contribution >= 4 is 17.7 Å². The number of hydrogen-bond acceptors (Lipinski definition) is 3. The highest BCUT2D eigenvalue weighted by molar-refractivity contribution is 7.98. The van der Waals surface area contributed by atoms with Gasteiger partial charge in [0.05, 0.1) is 0 Å². The maximum absolute atomic E-state index is 12.1. The van der Waals surface area contributed by atoms with E-state index in [1.165, 1.54) is 31.8 Å². The quantitative estimate of drug-likeness (QED) is 0.775. The van der Waals surface area contributed by atoms with Crippen molar-refractivity contribution in [2.24, 2.45) is 11.3 Å². The standard InChI is InChI=1S/C15H28N2OS/c1-13(2)4-5-14(18)17-8-6-15(7-9-17)10-16(11-15)12-19-3/h13H,4-12H2,1-3H3. The van der Waals surface area contributed by atoms with Crippen molar-refractivity contribution in [2.45, 2.75) is 39.5 Å². The summed E-state index contributed by atoms with van der Waals surface area (Å²) >= 11 is 1.91. The van der Waals surface area contributed by atoms with E-state index >= 15 is 0 Å². The van der Waals surface area contributed by atoms with Crippen LogP contribution in [0.5, 0.6) is 0 Å². The summed E-state index contributed by atoms with van der Waals surface area (Å²) < 4.78 is 0. The molecule has 0 aliphatic carbocycles. The molecule has 2 saturated heterocycles. The van der Waals surface area contributed by atoms with Gasteiger partial charge in [-0.05, 0) is 36.9 Å². The van der Waals surface area contributed by atoms with Crippen molar-refractivity contribution in [1.82, 2.24) is 9.80 Å². The van der Waals surface area contributed by atoms with E-state index in [2.05, 4.69) is 29.9 Å². The molecule has 2 rings (SSSR count). The largest absolute Gasteiger partial charge is 0.343 e. The maximum Gasteiger partial charge on any atom is 0.222 e. The number of likely N-dealkylation sites (tertiary alicyclic amines) is 2. The molecule has 0 radical (unpaired) electrons. The molecular weight excluding hydrogens is 256 g/mol. The normalized spacial score (nSPS) is 22.8. The molecule has 0 bridgehead atoms. The fourth-order valence-electron chi connectivity index (χ4n) is 3.29. The maximum atomic E-state index is 12.1. The summed E-state index contributed by atoms with van der Waals surface area (Å²) in [6.45, 7) is 8.86. The van der Waals surface area contributed by atoms with Crippen LogP contribution in [0, 0.1) is 11.3 Å². The number of carbonyl (C=O) groups excluding carboxylic acids is 1. The van der Waals surface area contributed by atoms with Crippen molar-refractivity contribution in [3.8, 4) is 0 Å². The van der Waals surface area contributed by atoms with Crippen LogP contribution in [-0.4, -0.2) is 54.0 Å². The minimum absolute atomic E-state index is 0.379. The first-order chi connectivity index (χ1) is 9.04. The van der Waals surface area contributed by atoms with Crippen LogP contribution in [0.25, 0.3) is 0 Å². The molecule has 110 valence electrons. The molecule has 1 spiro atoms. The second-order valence-electron chi connectivity index (χ2n) is 6.72. The summed E-state index contributed by atoms with van der Waals surface area (Å²) in [4.78, 5) is 16.7. The SMILES string of the molecule is CSCN1CC2(CCN(C(=O)CCC(C)C)CC2)C1. The molecule has 0 saturated carbocycles. The van der Waals surface area contributed by atoms with E-state index < -0.39 is 0 Å². The van der Waals surface area contributed by atoms with E-state index in [-0.39, 0.29) is 0 Å². The predicted molar refractivity (Wildman–Crippen MR) is 82.3 cm³/mol. The van der Waals surface area contributed by atoms with Crippen LogP contribution in [-0.2, 0) is 4.79 Å². The second kappa shape index (κ2) is 6.49. The van der Waals surface area contributed by atoms with Crippen molar-refractivity contribution in [2.75, 3.05) is 38.3 Å². The van der Waals surface area contributed by atoms with Crippen molar-refractivity contribution in [3.05, 3.63) is 0 Å². The first-order valence-electron chi connectivity index (χ1n) is 7.54. The lowest BCUT2D eigenvalue weighted by Crippen LogP contribution is -2.60. The van der Waals surface area contributed by atoms with Gasteiger partial charge in [0.15, 0.2) is 0 Å². The number of thioether (sulfide) groups is 1. The Morgan fingerprint density at radius 1 is 1.26 bits per heavy atom. The van der Waals surface area contributed by atoms with Crippen molar-refractivity contribution in [3.63, 3.8) is 0 Å². The van der Waals surface area contributed by atoms with E-state index in [1.54, 1.807) is 0 Å². The van der Waals surface area contributed by atoms with Crippen molar-refractivity contribution in [1.29, 1.82) is 0 Å². The molecule has 2 aliphatic rings. The summed E-state index contributed by atoms with van der Waals surface area (Å²) in [5, 5.41) is 0. The third-order valence-corrected chi connectivity index (χ3v) is 5.17. The Bertz CT molecular complexity index is 303. The average molecular weight is 284 g/mol. The third kappa shape index (κ3) is 3.88. The lowest BCUT2D eigenvalue weighted by molar-refractivity contribution is -0.136. The lowest BCUT2D eigenvalue weighted by Gasteiger charge is -2.54. The Kier molecular flexibility index (Phi) is 5.18. The van der Waals surface area contributed by atoms with Crippen LogP contribution < -0.4 is 0 Å². The van der Waals surface area contributed by atoms with E-state index in [9.17, 15) is 4.79 Å². The summed E-state index contributed by atoms with van der Waals surface area (Å²) in [6.07, 6.45) is 6.36. The van der Waals surface area contributed by atoms with Crippen LogP contribution in [0.1, 0.15) is 39.5 Å². The molecule has 1 amide bonds. The van der Waals surface area contributed by atoms with Gasteiger partial charge in [0, 0.05) is 38.5 Å².